The Kier molecular flexibility index (Phi) is 6.16. The first-order valence-corrected chi connectivity index (χ1v) is 7.87. The van der Waals surface area contributed by atoms with Gasteiger partial charge < -0.3 is 24.6 Å². The molecule has 1 amide bonds. The summed E-state index contributed by atoms with van der Waals surface area (Å²) in [5.41, 5.74) is -0.291. The van der Waals surface area contributed by atoms with Crippen LogP contribution < -0.4 is 4.74 Å². The Labute approximate surface area is 140 Å². The molecule has 0 radical (unpaired) electrons. The van der Waals surface area contributed by atoms with Crippen LogP contribution >= 0.6 is 0 Å². The third-order valence-electron chi connectivity index (χ3n) is 3.76. The van der Waals surface area contributed by atoms with Crippen LogP contribution in [-0.2, 0) is 14.3 Å². The highest BCUT2D eigenvalue weighted by Gasteiger charge is 2.35. The fourth-order valence-corrected chi connectivity index (χ4v) is 2.51. The molecule has 0 spiro atoms. The van der Waals surface area contributed by atoms with Crippen molar-refractivity contribution in [2.24, 2.45) is 0 Å². The number of aliphatic hydroxyl groups is 1. The minimum Gasteiger partial charge on any atom is -0.490 e. The number of carbonyl (C=O) groups excluding carboxylic acids is 1. The van der Waals surface area contributed by atoms with E-state index < -0.39 is 11.6 Å². The van der Waals surface area contributed by atoms with E-state index in [4.69, 9.17) is 14.6 Å². The van der Waals surface area contributed by atoms with Gasteiger partial charge in [-0.3, -0.25) is 9.59 Å². The van der Waals surface area contributed by atoms with Gasteiger partial charge in [0.2, 0.25) is 5.91 Å². The standard InChI is InChI=1S/C17H23NO6/c1-13-3-2-4-14(9-13)24-12-17(22)10-18(7-8-23-11-17)15(19)5-6-16(20)21/h2-4,9,22H,5-8,10-12H2,1H3,(H,20,21)/t17-/m0/s1. The number of benzene rings is 1. The molecule has 1 aliphatic heterocycles. The fraction of sp³-hybridized carbons (Fsp3) is 0.529. The summed E-state index contributed by atoms with van der Waals surface area (Å²) >= 11 is 0. The number of nitrogens with zero attached hydrogens (tertiary/aromatic N) is 1. The zero-order chi connectivity index (χ0) is 17.6. The summed E-state index contributed by atoms with van der Waals surface area (Å²) in [6.45, 7) is 2.66. The van der Waals surface area contributed by atoms with Gasteiger partial charge in [0.15, 0.2) is 0 Å². The van der Waals surface area contributed by atoms with Gasteiger partial charge in [0.05, 0.1) is 26.2 Å². The van der Waals surface area contributed by atoms with E-state index in [9.17, 15) is 14.7 Å². The Morgan fingerprint density at radius 1 is 1.38 bits per heavy atom. The monoisotopic (exact) mass is 337 g/mol. The average Bonchev–Trinajstić information content (AvgIpc) is 2.73. The molecule has 1 saturated heterocycles. The summed E-state index contributed by atoms with van der Waals surface area (Å²) in [6.07, 6.45) is -0.321. The molecular formula is C17H23NO6. The van der Waals surface area contributed by atoms with Crippen LogP contribution in [0.1, 0.15) is 18.4 Å². The van der Waals surface area contributed by atoms with Crippen molar-refractivity contribution in [1.29, 1.82) is 0 Å². The Morgan fingerprint density at radius 2 is 2.17 bits per heavy atom. The van der Waals surface area contributed by atoms with Gasteiger partial charge in [0, 0.05) is 13.0 Å². The zero-order valence-electron chi connectivity index (χ0n) is 13.7. The molecule has 1 aromatic rings. The molecule has 1 aliphatic rings. The first-order valence-electron chi connectivity index (χ1n) is 7.87. The lowest BCUT2D eigenvalue weighted by Crippen LogP contribution is -2.50. The Morgan fingerprint density at radius 3 is 2.88 bits per heavy atom. The van der Waals surface area contributed by atoms with E-state index in [-0.39, 0.29) is 38.5 Å². The largest absolute Gasteiger partial charge is 0.490 e. The number of carbonyl (C=O) groups is 2. The number of amides is 1. The van der Waals surface area contributed by atoms with E-state index in [0.29, 0.717) is 18.9 Å². The summed E-state index contributed by atoms with van der Waals surface area (Å²) < 4.78 is 11.0. The third-order valence-corrected chi connectivity index (χ3v) is 3.76. The summed E-state index contributed by atoms with van der Waals surface area (Å²) in [4.78, 5) is 24.2. The quantitative estimate of drug-likeness (QED) is 0.798. The molecule has 0 aliphatic carbocycles. The first kappa shape index (κ1) is 18.2. The molecule has 7 nitrogen and oxygen atoms in total. The van der Waals surface area contributed by atoms with Crippen molar-refractivity contribution in [2.45, 2.75) is 25.4 Å². The molecule has 132 valence electrons. The van der Waals surface area contributed by atoms with Gasteiger partial charge in [-0.2, -0.15) is 0 Å². The van der Waals surface area contributed by atoms with Gasteiger partial charge in [0.1, 0.15) is 18.0 Å². The predicted molar refractivity (Wildman–Crippen MR) is 85.9 cm³/mol. The fourth-order valence-electron chi connectivity index (χ4n) is 2.51. The Hall–Kier alpha value is -2.12. The van der Waals surface area contributed by atoms with Crippen molar-refractivity contribution < 1.29 is 29.3 Å². The zero-order valence-corrected chi connectivity index (χ0v) is 13.7. The van der Waals surface area contributed by atoms with Crippen molar-refractivity contribution in [3.8, 4) is 5.75 Å². The molecule has 1 aromatic carbocycles. The lowest BCUT2D eigenvalue weighted by Gasteiger charge is -2.30. The van der Waals surface area contributed by atoms with Crippen molar-refractivity contribution in [1.82, 2.24) is 4.90 Å². The smallest absolute Gasteiger partial charge is 0.303 e. The van der Waals surface area contributed by atoms with Crippen LogP contribution in [-0.4, -0.2) is 65.5 Å². The van der Waals surface area contributed by atoms with Gasteiger partial charge in [-0.15, -0.1) is 0 Å². The number of aliphatic carboxylic acids is 1. The van der Waals surface area contributed by atoms with E-state index in [1.54, 1.807) is 6.07 Å². The van der Waals surface area contributed by atoms with Crippen LogP contribution in [0.3, 0.4) is 0 Å². The van der Waals surface area contributed by atoms with E-state index in [1.807, 2.05) is 25.1 Å². The van der Waals surface area contributed by atoms with E-state index in [2.05, 4.69) is 0 Å². The number of rotatable bonds is 6. The lowest BCUT2D eigenvalue weighted by molar-refractivity contribution is -0.142. The summed E-state index contributed by atoms with van der Waals surface area (Å²) in [7, 11) is 0. The second-order valence-corrected chi connectivity index (χ2v) is 6.09. The highest BCUT2D eigenvalue weighted by atomic mass is 16.5. The normalized spacial score (nSPS) is 21.2. The average molecular weight is 337 g/mol. The maximum absolute atomic E-state index is 12.1. The molecule has 24 heavy (non-hydrogen) atoms. The highest BCUT2D eigenvalue weighted by molar-refractivity contribution is 5.80. The summed E-state index contributed by atoms with van der Waals surface area (Å²) in [5, 5.41) is 19.4. The maximum atomic E-state index is 12.1. The Balaban J connectivity index is 1.96. The molecule has 2 N–H and O–H groups in total. The number of carboxylic acid groups (broad SMARTS) is 1. The summed E-state index contributed by atoms with van der Waals surface area (Å²) in [5.74, 6) is -0.694. The number of β-amino-alcohol motifs (C(OH)–C–C–N with tert-alkyl or cyclic N) is 1. The minimum absolute atomic E-state index is 0.0147. The van der Waals surface area contributed by atoms with Crippen LogP contribution in [0, 0.1) is 6.92 Å². The van der Waals surface area contributed by atoms with Gasteiger partial charge in [-0.05, 0) is 24.6 Å². The van der Waals surface area contributed by atoms with Crippen molar-refractivity contribution in [2.75, 3.05) is 32.9 Å². The van der Waals surface area contributed by atoms with Crippen LogP contribution in [0.25, 0.3) is 0 Å². The van der Waals surface area contributed by atoms with Crippen LogP contribution in [0.4, 0.5) is 0 Å². The van der Waals surface area contributed by atoms with Gasteiger partial charge in [-0.25, -0.2) is 0 Å². The van der Waals surface area contributed by atoms with Crippen molar-refractivity contribution >= 4 is 11.9 Å². The SMILES string of the molecule is Cc1cccc(OC[C@@]2(O)COCCN(C(=O)CCC(=O)O)C2)c1. The number of carboxylic acids is 1. The first-order chi connectivity index (χ1) is 11.4. The summed E-state index contributed by atoms with van der Waals surface area (Å²) in [6, 6.07) is 7.46. The third kappa shape index (κ3) is 5.50. The molecular weight excluding hydrogens is 314 g/mol. The van der Waals surface area contributed by atoms with E-state index in [0.717, 1.165) is 5.56 Å². The molecule has 0 bridgehead atoms. The molecule has 0 unspecified atom stereocenters. The van der Waals surface area contributed by atoms with E-state index >= 15 is 0 Å². The van der Waals surface area contributed by atoms with Gasteiger partial charge in [-0.1, -0.05) is 12.1 Å². The van der Waals surface area contributed by atoms with Crippen LogP contribution in [0.2, 0.25) is 0 Å². The molecule has 7 heteroatoms. The van der Waals surface area contributed by atoms with Crippen LogP contribution in [0.15, 0.2) is 24.3 Å². The second kappa shape index (κ2) is 8.12. The molecule has 0 aromatic heterocycles. The maximum Gasteiger partial charge on any atom is 0.303 e. The van der Waals surface area contributed by atoms with Crippen LogP contribution in [0.5, 0.6) is 5.75 Å². The number of hydrogen-bond donors (Lipinski definition) is 2. The Bertz CT molecular complexity index is 590. The van der Waals surface area contributed by atoms with Gasteiger partial charge in [0.25, 0.3) is 0 Å². The topological polar surface area (TPSA) is 96.3 Å². The lowest BCUT2D eigenvalue weighted by atomic mass is 10.1. The van der Waals surface area contributed by atoms with Gasteiger partial charge >= 0.3 is 5.97 Å². The minimum atomic E-state index is -1.33. The molecule has 0 saturated carbocycles. The van der Waals surface area contributed by atoms with E-state index in [1.165, 1.54) is 4.90 Å². The van der Waals surface area contributed by atoms with Crippen molar-refractivity contribution in [3.05, 3.63) is 29.8 Å². The number of hydrogen-bond acceptors (Lipinski definition) is 5. The predicted octanol–water partition coefficient (Wildman–Crippen LogP) is 0.829. The molecule has 1 fully saturated rings. The highest BCUT2D eigenvalue weighted by Crippen LogP contribution is 2.18. The molecule has 1 heterocycles. The molecule has 1 atom stereocenters. The number of ether oxygens (including phenoxy) is 2. The second-order valence-electron chi connectivity index (χ2n) is 6.09. The molecule has 2 rings (SSSR count). The number of aryl methyl sites for hydroxylation is 1. The van der Waals surface area contributed by atoms with Crippen molar-refractivity contribution in [3.63, 3.8) is 0 Å².